The van der Waals surface area contributed by atoms with Crippen LogP contribution in [0.3, 0.4) is 0 Å². The first-order chi connectivity index (χ1) is 8.56. The molecule has 96 valence electrons. The van der Waals surface area contributed by atoms with Gasteiger partial charge in [-0.25, -0.2) is 4.79 Å². The van der Waals surface area contributed by atoms with E-state index in [1.165, 1.54) is 0 Å². The van der Waals surface area contributed by atoms with Crippen LogP contribution < -0.4 is 11.2 Å². The molecule has 3 N–H and O–H groups in total. The van der Waals surface area contributed by atoms with Crippen molar-refractivity contribution in [3.05, 3.63) is 32.6 Å². The molecule has 2 rings (SSSR count). The van der Waals surface area contributed by atoms with Gasteiger partial charge in [-0.1, -0.05) is 0 Å². The van der Waals surface area contributed by atoms with E-state index >= 15 is 0 Å². The Balaban J connectivity index is 2.49. The van der Waals surface area contributed by atoms with Crippen LogP contribution in [0, 0.1) is 11.3 Å². The minimum atomic E-state index is -1.08. The van der Waals surface area contributed by atoms with Crippen LogP contribution in [-0.4, -0.2) is 38.6 Å². The summed E-state index contributed by atoms with van der Waals surface area (Å²) >= 11 is 0. The maximum Gasteiger partial charge on any atom is 0.331 e. The van der Waals surface area contributed by atoms with E-state index < -0.39 is 29.7 Å². The van der Waals surface area contributed by atoms with E-state index in [9.17, 15) is 14.7 Å². The summed E-state index contributed by atoms with van der Waals surface area (Å²) in [5, 5.41) is 27.6. The van der Waals surface area contributed by atoms with Crippen LogP contribution >= 0.6 is 0 Å². The predicted molar refractivity (Wildman–Crippen MR) is 57.7 cm³/mol. The molecule has 1 aromatic heterocycles. The highest BCUT2D eigenvalue weighted by molar-refractivity contribution is 5.19. The standard InChI is InChI=1S/C10H11N3O5/c11-3-5-1-8(16)12-10(17)13(5)9-7(15)2-6(4-14)18-9/h1,6-7,9,14-15H,2,4H2,(H,12,16,17)/t6-,7?,9+/m1/s1. The molecule has 0 spiro atoms. The fraction of sp³-hybridized carbons (Fsp3) is 0.500. The summed E-state index contributed by atoms with van der Waals surface area (Å²) in [6, 6.07) is 2.65. The van der Waals surface area contributed by atoms with Crippen LogP contribution in [-0.2, 0) is 4.74 Å². The Kier molecular flexibility index (Phi) is 3.29. The van der Waals surface area contributed by atoms with Crippen molar-refractivity contribution >= 4 is 0 Å². The van der Waals surface area contributed by atoms with Crippen molar-refractivity contribution in [1.82, 2.24) is 9.55 Å². The van der Waals surface area contributed by atoms with Gasteiger partial charge in [-0.3, -0.25) is 14.3 Å². The van der Waals surface area contributed by atoms with Crippen molar-refractivity contribution in [1.29, 1.82) is 5.26 Å². The number of aliphatic hydroxyl groups is 2. The Labute approximate surface area is 101 Å². The van der Waals surface area contributed by atoms with Crippen molar-refractivity contribution in [2.45, 2.75) is 24.9 Å². The number of hydrogen-bond acceptors (Lipinski definition) is 6. The molecule has 1 aromatic rings. The predicted octanol–water partition coefficient (Wildman–Crippen LogP) is -1.95. The zero-order valence-corrected chi connectivity index (χ0v) is 9.24. The number of nitriles is 1. The third-order valence-corrected chi connectivity index (χ3v) is 2.71. The Morgan fingerprint density at radius 3 is 2.89 bits per heavy atom. The number of aliphatic hydroxyl groups excluding tert-OH is 2. The first-order valence-corrected chi connectivity index (χ1v) is 5.27. The Morgan fingerprint density at radius 2 is 2.33 bits per heavy atom. The molecule has 2 heterocycles. The van der Waals surface area contributed by atoms with Gasteiger partial charge in [0.15, 0.2) is 6.23 Å². The van der Waals surface area contributed by atoms with Gasteiger partial charge < -0.3 is 14.9 Å². The van der Waals surface area contributed by atoms with Crippen molar-refractivity contribution < 1.29 is 14.9 Å². The summed E-state index contributed by atoms with van der Waals surface area (Å²) in [7, 11) is 0. The Hall–Kier alpha value is -1.95. The fourth-order valence-corrected chi connectivity index (χ4v) is 1.92. The molecule has 18 heavy (non-hydrogen) atoms. The van der Waals surface area contributed by atoms with E-state index in [1.54, 1.807) is 6.07 Å². The maximum atomic E-state index is 11.6. The molecule has 1 aliphatic rings. The zero-order valence-electron chi connectivity index (χ0n) is 9.24. The quantitative estimate of drug-likeness (QED) is 0.562. The number of hydrogen-bond donors (Lipinski definition) is 3. The average molecular weight is 253 g/mol. The second-order valence-electron chi connectivity index (χ2n) is 3.94. The van der Waals surface area contributed by atoms with Crippen molar-refractivity contribution in [2.24, 2.45) is 0 Å². The molecule has 0 saturated carbocycles. The van der Waals surface area contributed by atoms with Gasteiger partial charge in [-0.15, -0.1) is 0 Å². The third-order valence-electron chi connectivity index (χ3n) is 2.71. The summed E-state index contributed by atoms with van der Waals surface area (Å²) in [5.41, 5.74) is -1.73. The summed E-state index contributed by atoms with van der Waals surface area (Å²) in [4.78, 5) is 24.7. The lowest BCUT2D eigenvalue weighted by Gasteiger charge is -2.18. The normalized spacial score (nSPS) is 27.1. The fourth-order valence-electron chi connectivity index (χ4n) is 1.92. The lowest BCUT2D eigenvalue weighted by atomic mass is 10.2. The highest BCUT2D eigenvalue weighted by Gasteiger charge is 2.36. The van der Waals surface area contributed by atoms with E-state index in [-0.39, 0.29) is 18.7 Å². The molecule has 1 saturated heterocycles. The molecule has 8 nitrogen and oxygen atoms in total. The van der Waals surface area contributed by atoms with Crippen LogP contribution in [0.1, 0.15) is 18.3 Å². The second kappa shape index (κ2) is 4.73. The van der Waals surface area contributed by atoms with Gasteiger partial charge in [-0.05, 0) is 0 Å². The number of nitrogens with one attached hydrogen (secondary N) is 1. The summed E-state index contributed by atoms with van der Waals surface area (Å²) in [6.45, 7) is -0.298. The molecule has 1 aliphatic heterocycles. The number of aromatic amines is 1. The number of aromatic nitrogens is 2. The smallest absolute Gasteiger partial charge is 0.331 e. The summed E-state index contributed by atoms with van der Waals surface area (Å²) in [5.74, 6) is 0. The molecule has 1 unspecified atom stereocenters. The minimum absolute atomic E-state index is 0.150. The number of rotatable bonds is 2. The molecule has 1 fully saturated rings. The number of nitrogens with zero attached hydrogens (tertiary/aromatic N) is 2. The molecule has 3 atom stereocenters. The first-order valence-electron chi connectivity index (χ1n) is 5.27. The van der Waals surface area contributed by atoms with Crippen molar-refractivity contribution in [2.75, 3.05) is 6.61 Å². The molecular formula is C10H11N3O5. The van der Waals surface area contributed by atoms with Crippen LogP contribution in [0.15, 0.2) is 15.7 Å². The van der Waals surface area contributed by atoms with E-state index in [4.69, 9.17) is 15.1 Å². The summed E-state index contributed by atoms with van der Waals surface area (Å²) < 4.78 is 6.14. The van der Waals surface area contributed by atoms with E-state index in [0.717, 1.165) is 10.6 Å². The minimum Gasteiger partial charge on any atom is -0.394 e. The monoisotopic (exact) mass is 253 g/mol. The lowest BCUT2D eigenvalue weighted by molar-refractivity contribution is -0.0534. The van der Waals surface area contributed by atoms with Gasteiger partial charge in [0.1, 0.15) is 17.9 Å². The average Bonchev–Trinajstić information content (AvgIpc) is 2.69. The molecule has 0 radical (unpaired) electrons. The van der Waals surface area contributed by atoms with Crippen molar-refractivity contribution in [3.8, 4) is 6.07 Å². The van der Waals surface area contributed by atoms with Crippen LogP contribution in [0.5, 0.6) is 0 Å². The summed E-state index contributed by atoms with van der Waals surface area (Å²) in [6.07, 6.45) is -2.56. The zero-order chi connectivity index (χ0) is 13.3. The van der Waals surface area contributed by atoms with E-state index in [2.05, 4.69) is 0 Å². The van der Waals surface area contributed by atoms with Crippen LogP contribution in [0.25, 0.3) is 0 Å². The second-order valence-corrected chi connectivity index (χ2v) is 3.94. The molecule has 0 aromatic carbocycles. The number of ether oxygens (including phenoxy) is 1. The highest BCUT2D eigenvalue weighted by atomic mass is 16.5. The lowest BCUT2D eigenvalue weighted by Crippen LogP contribution is -2.37. The maximum absolute atomic E-state index is 11.6. The van der Waals surface area contributed by atoms with Gasteiger partial charge in [0.05, 0.1) is 12.7 Å². The van der Waals surface area contributed by atoms with Gasteiger partial charge in [0.25, 0.3) is 5.56 Å². The molecular weight excluding hydrogens is 242 g/mol. The van der Waals surface area contributed by atoms with Crippen LogP contribution in [0.4, 0.5) is 0 Å². The molecule has 0 amide bonds. The molecule has 8 heteroatoms. The van der Waals surface area contributed by atoms with Gasteiger partial charge in [0.2, 0.25) is 0 Å². The number of H-pyrrole nitrogens is 1. The van der Waals surface area contributed by atoms with Gasteiger partial charge in [0, 0.05) is 12.5 Å². The topological polar surface area (TPSA) is 128 Å². The largest absolute Gasteiger partial charge is 0.394 e. The van der Waals surface area contributed by atoms with E-state index in [0.29, 0.717) is 0 Å². The highest BCUT2D eigenvalue weighted by Crippen LogP contribution is 2.27. The first kappa shape index (κ1) is 12.5. The van der Waals surface area contributed by atoms with Gasteiger partial charge in [-0.2, -0.15) is 5.26 Å². The SMILES string of the molecule is N#Cc1cc(=O)[nH]c(=O)n1[C@H]1O[C@@H](CO)CC1O. The Morgan fingerprint density at radius 1 is 1.61 bits per heavy atom. The van der Waals surface area contributed by atoms with Gasteiger partial charge >= 0.3 is 5.69 Å². The molecule has 0 aliphatic carbocycles. The van der Waals surface area contributed by atoms with E-state index in [1.807, 2.05) is 4.98 Å². The Bertz CT molecular complexity index is 599. The third kappa shape index (κ3) is 2.06. The van der Waals surface area contributed by atoms with Crippen molar-refractivity contribution in [3.63, 3.8) is 0 Å². The van der Waals surface area contributed by atoms with Crippen LogP contribution in [0.2, 0.25) is 0 Å². The molecule has 0 bridgehead atoms.